The van der Waals surface area contributed by atoms with Crippen LogP contribution in [0.4, 0.5) is 22.0 Å². The van der Waals surface area contributed by atoms with Gasteiger partial charge in [0.25, 0.3) is 5.91 Å². The lowest BCUT2D eigenvalue weighted by Gasteiger charge is -2.08. The fourth-order valence-electron chi connectivity index (χ4n) is 2.54. The highest BCUT2D eigenvalue weighted by atomic mass is 79.9. The first kappa shape index (κ1) is 21.3. The maximum absolute atomic E-state index is 14.2. The number of hydrogen-bond donors (Lipinski definition) is 1. The normalized spacial score (nSPS) is 11.5. The number of carbonyl (C=O) groups is 1. The van der Waals surface area contributed by atoms with Crippen molar-refractivity contribution in [2.75, 3.05) is 0 Å². The van der Waals surface area contributed by atoms with Gasteiger partial charge in [-0.05, 0) is 51.8 Å². The van der Waals surface area contributed by atoms with Gasteiger partial charge in [0, 0.05) is 10.4 Å². The zero-order valence-electron chi connectivity index (χ0n) is 14.3. The van der Waals surface area contributed by atoms with Crippen LogP contribution in [0.3, 0.4) is 0 Å². The monoisotopic (exact) mass is 491 g/mol. The van der Waals surface area contributed by atoms with Crippen molar-refractivity contribution in [2.24, 2.45) is 5.73 Å². The summed E-state index contributed by atoms with van der Waals surface area (Å²) in [5, 5.41) is 0. The van der Waals surface area contributed by atoms with Gasteiger partial charge in [-0.15, -0.1) is 11.3 Å². The average Bonchev–Trinajstić information content (AvgIpc) is 3.01. The Morgan fingerprint density at radius 3 is 2.34 bits per heavy atom. The van der Waals surface area contributed by atoms with Crippen LogP contribution in [-0.2, 0) is 12.8 Å². The topological polar surface area (TPSA) is 52.3 Å². The summed E-state index contributed by atoms with van der Waals surface area (Å²) in [6.45, 7) is -0.106. The zero-order valence-corrected chi connectivity index (χ0v) is 16.7. The van der Waals surface area contributed by atoms with E-state index in [0.717, 1.165) is 24.3 Å². The Morgan fingerprint density at radius 2 is 1.76 bits per heavy atom. The molecule has 0 spiro atoms. The van der Waals surface area contributed by atoms with Crippen LogP contribution in [-0.4, -0.2) is 5.91 Å². The smallest absolute Gasteiger partial charge is 0.416 e. The summed E-state index contributed by atoms with van der Waals surface area (Å²) >= 11 is 4.59. The molecule has 2 N–H and O–H groups in total. The molecule has 0 atom stereocenters. The molecule has 10 heteroatoms. The highest BCUT2D eigenvalue weighted by Gasteiger charge is 2.30. The summed E-state index contributed by atoms with van der Waals surface area (Å²) in [5.41, 5.74) is 4.51. The molecule has 0 fully saturated rings. The molecule has 0 saturated carbocycles. The number of ether oxygens (including phenoxy) is 1. The van der Waals surface area contributed by atoms with E-state index in [1.54, 1.807) is 6.07 Å². The molecule has 1 amide bonds. The van der Waals surface area contributed by atoms with Crippen LogP contribution < -0.4 is 10.5 Å². The molecule has 0 radical (unpaired) electrons. The molecule has 0 bridgehead atoms. The van der Waals surface area contributed by atoms with E-state index in [0.29, 0.717) is 19.8 Å². The zero-order chi connectivity index (χ0) is 21.3. The minimum Gasteiger partial charge on any atom is -0.485 e. The van der Waals surface area contributed by atoms with Crippen molar-refractivity contribution in [3.8, 4) is 16.9 Å². The van der Waals surface area contributed by atoms with E-state index >= 15 is 0 Å². The minimum atomic E-state index is -4.42. The van der Waals surface area contributed by atoms with Gasteiger partial charge in [0.05, 0.1) is 9.35 Å². The van der Waals surface area contributed by atoms with Gasteiger partial charge < -0.3 is 10.5 Å². The maximum Gasteiger partial charge on any atom is 0.416 e. The van der Waals surface area contributed by atoms with Crippen molar-refractivity contribution in [2.45, 2.75) is 12.8 Å². The largest absolute Gasteiger partial charge is 0.485 e. The summed E-state index contributed by atoms with van der Waals surface area (Å²) < 4.78 is 71.8. The van der Waals surface area contributed by atoms with E-state index in [1.165, 1.54) is 23.5 Å². The van der Waals surface area contributed by atoms with Crippen molar-refractivity contribution in [1.29, 1.82) is 0 Å². The number of halogens is 6. The fraction of sp³-hybridized carbons (Fsp3) is 0.105. The van der Waals surface area contributed by atoms with Crippen molar-refractivity contribution < 1.29 is 31.5 Å². The van der Waals surface area contributed by atoms with Crippen LogP contribution in [0, 0.1) is 11.6 Å². The molecule has 152 valence electrons. The van der Waals surface area contributed by atoms with Crippen LogP contribution in [0.15, 0.2) is 46.3 Å². The molecule has 0 unspecified atom stereocenters. The van der Waals surface area contributed by atoms with Crippen LogP contribution in [0.1, 0.15) is 20.8 Å². The Bertz CT molecular complexity index is 1060. The third-order valence-corrected chi connectivity index (χ3v) is 5.74. The molecular weight excluding hydrogens is 481 g/mol. The van der Waals surface area contributed by atoms with Crippen molar-refractivity contribution >= 4 is 33.2 Å². The molecule has 3 nitrogen and oxygen atoms in total. The second-order valence-electron chi connectivity index (χ2n) is 5.86. The third-order valence-electron chi connectivity index (χ3n) is 3.93. The number of thiophene rings is 1. The molecule has 2 aromatic carbocycles. The average molecular weight is 492 g/mol. The summed E-state index contributed by atoms with van der Waals surface area (Å²) in [5.74, 6) is -3.89. The standard InChI is InChI=1S/C19H11BrF5NO2S/c20-17-12(9-1-3-10(4-2-9)19(23,24)25)7-11(29-17)8-28-14-6-5-13(21)15(16(14)22)18(26)27/h1-7H,8H2,(H2,26,27). The van der Waals surface area contributed by atoms with E-state index in [2.05, 4.69) is 15.9 Å². The first-order valence-corrected chi connectivity index (χ1v) is 9.55. The second kappa shape index (κ2) is 8.11. The van der Waals surface area contributed by atoms with Gasteiger partial charge in [0.2, 0.25) is 0 Å². The number of nitrogens with two attached hydrogens (primary N) is 1. The lowest BCUT2D eigenvalue weighted by molar-refractivity contribution is -0.137. The van der Waals surface area contributed by atoms with E-state index in [9.17, 15) is 26.7 Å². The molecule has 0 aliphatic rings. The maximum atomic E-state index is 14.2. The Kier molecular flexibility index (Phi) is 5.95. The highest BCUT2D eigenvalue weighted by Crippen LogP contribution is 2.38. The van der Waals surface area contributed by atoms with Gasteiger partial charge in [-0.3, -0.25) is 4.79 Å². The first-order valence-electron chi connectivity index (χ1n) is 7.94. The van der Waals surface area contributed by atoms with E-state index < -0.39 is 34.8 Å². The predicted octanol–water partition coefficient (Wildman–Crippen LogP) is 6.15. The Morgan fingerprint density at radius 1 is 1.10 bits per heavy atom. The number of benzene rings is 2. The van der Waals surface area contributed by atoms with Crippen LogP contribution in [0.2, 0.25) is 0 Å². The molecule has 0 aliphatic heterocycles. The predicted molar refractivity (Wildman–Crippen MR) is 102 cm³/mol. The van der Waals surface area contributed by atoms with Gasteiger partial charge in [-0.1, -0.05) is 12.1 Å². The number of amides is 1. The highest BCUT2D eigenvalue weighted by molar-refractivity contribution is 9.11. The molecule has 0 saturated heterocycles. The molecule has 1 heterocycles. The van der Waals surface area contributed by atoms with Crippen LogP contribution >= 0.6 is 27.3 Å². The van der Waals surface area contributed by atoms with E-state index in [1.807, 2.05) is 0 Å². The lowest BCUT2D eigenvalue weighted by atomic mass is 10.1. The minimum absolute atomic E-state index is 0.106. The van der Waals surface area contributed by atoms with Gasteiger partial charge in [-0.25, -0.2) is 8.78 Å². The summed E-state index contributed by atoms with van der Waals surface area (Å²) in [4.78, 5) is 11.8. The van der Waals surface area contributed by atoms with Gasteiger partial charge >= 0.3 is 6.18 Å². The second-order valence-corrected chi connectivity index (χ2v) is 8.32. The van der Waals surface area contributed by atoms with E-state index in [-0.39, 0.29) is 12.4 Å². The Hall–Kier alpha value is -2.46. The van der Waals surface area contributed by atoms with Crippen molar-refractivity contribution in [1.82, 2.24) is 0 Å². The third kappa shape index (κ3) is 4.59. The number of primary amides is 1. The number of carbonyl (C=O) groups excluding carboxylic acids is 1. The molecule has 3 aromatic rings. The summed E-state index contributed by atoms with van der Waals surface area (Å²) in [6.07, 6.45) is -4.42. The SMILES string of the molecule is NC(=O)c1c(F)ccc(OCc2cc(-c3ccc(C(F)(F)F)cc3)c(Br)s2)c1F. The Balaban J connectivity index is 1.80. The van der Waals surface area contributed by atoms with Crippen LogP contribution in [0.25, 0.3) is 11.1 Å². The van der Waals surface area contributed by atoms with Gasteiger partial charge in [0.1, 0.15) is 18.0 Å². The Labute approximate surface area is 174 Å². The van der Waals surface area contributed by atoms with Crippen LogP contribution in [0.5, 0.6) is 5.75 Å². The number of hydrogen-bond acceptors (Lipinski definition) is 3. The molecule has 3 rings (SSSR count). The molecular formula is C19H11BrF5NO2S. The summed E-state index contributed by atoms with van der Waals surface area (Å²) in [7, 11) is 0. The summed E-state index contributed by atoms with van der Waals surface area (Å²) in [6, 6.07) is 8.24. The van der Waals surface area contributed by atoms with Gasteiger partial charge in [-0.2, -0.15) is 13.2 Å². The van der Waals surface area contributed by atoms with E-state index in [4.69, 9.17) is 10.5 Å². The fourth-order valence-corrected chi connectivity index (χ4v) is 4.32. The molecule has 29 heavy (non-hydrogen) atoms. The lowest BCUT2D eigenvalue weighted by Crippen LogP contribution is -2.16. The first-order chi connectivity index (χ1) is 13.6. The van der Waals surface area contributed by atoms with Crippen molar-refractivity contribution in [3.63, 3.8) is 0 Å². The van der Waals surface area contributed by atoms with Gasteiger partial charge in [0.15, 0.2) is 11.6 Å². The number of alkyl halides is 3. The molecule has 1 aromatic heterocycles. The number of rotatable bonds is 5. The van der Waals surface area contributed by atoms with Crippen molar-refractivity contribution in [3.05, 3.63) is 73.9 Å². The quantitative estimate of drug-likeness (QED) is 0.435. The molecule has 0 aliphatic carbocycles.